The minimum Gasteiger partial charge on any atom is -0.459 e. The second-order valence-corrected chi connectivity index (χ2v) is 23.0. The van der Waals surface area contributed by atoms with Crippen LogP contribution in [0.3, 0.4) is 0 Å². The van der Waals surface area contributed by atoms with Crippen LogP contribution in [0.5, 0.6) is 0 Å². The van der Waals surface area contributed by atoms with Gasteiger partial charge in [0, 0.05) is 11.3 Å². The molecule has 4 saturated carbocycles. The van der Waals surface area contributed by atoms with Crippen molar-refractivity contribution in [2.75, 3.05) is 6.61 Å². The summed E-state index contributed by atoms with van der Waals surface area (Å²) in [6.07, 6.45) is 7.82. The highest BCUT2D eigenvalue weighted by Crippen LogP contribution is 2.74. The van der Waals surface area contributed by atoms with E-state index in [1.54, 1.807) is 0 Å². The van der Waals surface area contributed by atoms with Gasteiger partial charge in [-0.15, -0.1) is 0 Å². The Kier molecular flexibility index (Phi) is 5.13. The predicted molar refractivity (Wildman–Crippen MR) is 132 cm³/mol. The fraction of sp³-hybridized carbons (Fsp3) is 0.885. The Balaban J connectivity index is 1.63. The van der Waals surface area contributed by atoms with Gasteiger partial charge >= 0.3 is 5.97 Å². The molecule has 0 aromatic heterocycles. The van der Waals surface area contributed by atoms with Crippen LogP contribution in [0.1, 0.15) is 51.9 Å². The molecular weight excluding hydrogens is 432 g/mol. The largest absolute Gasteiger partial charge is 0.459 e. The minimum absolute atomic E-state index is 0.00395. The van der Waals surface area contributed by atoms with Crippen LogP contribution >= 0.6 is 0 Å². The Morgan fingerprint density at radius 2 is 1.81 bits per heavy atom. The van der Waals surface area contributed by atoms with Crippen LogP contribution in [0.4, 0.5) is 0 Å². The molecule has 4 aliphatic carbocycles. The molecule has 0 radical (unpaired) electrons. The van der Waals surface area contributed by atoms with Crippen molar-refractivity contribution in [1.29, 1.82) is 0 Å². The van der Waals surface area contributed by atoms with E-state index in [9.17, 15) is 4.79 Å². The lowest BCUT2D eigenvalue weighted by molar-refractivity contribution is -0.217. The summed E-state index contributed by atoms with van der Waals surface area (Å²) in [6.45, 7) is 21.1. The molecule has 1 aliphatic heterocycles. The van der Waals surface area contributed by atoms with E-state index in [2.05, 4.69) is 52.8 Å². The van der Waals surface area contributed by atoms with E-state index in [1.165, 1.54) is 31.3 Å². The van der Waals surface area contributed by atoms with E-state index < -0.39 is 22.0 Å². The standard InChI is InChI=1S/C26H44O4Si2/c1-17-14-26-15-18(17)10-11-19(26)24(2)12-9-13-25(16-28-31(3,4)5)21(24)20(29-23(25)27)22(26)30-32(6,7)8/h18-22H,1,9-16H2,2-8H3/t18-,19?,20-,21?,22+,24+,25+,26+/m1/s1. The van der Waals surface area contributed by atoms with Gasteiger partial charge in [-0.1, -0.05) is 25.5 Å². The molecule has 1 spiro atoms. The van der Waals surface area contributed by atoms with E-state index >= 15 is 0 Å². The van der Waals surface area contributed by atoms with Gasteiger partial charge in [0.2, 0.25) is 0 Å². The third-order valence-corrected chi connectivity index (χ3v) is 11.8. The number of fused-ring (bicyclic) bond motifs is 2. The van der Waals surface area contributed by atoms with Crippen molar-refractivity contribution >= 4 is 22.6 Å². The molecule has 2 bridgehead atoms. The Bertz CT molecular complexity index is 829. The van der Waals surface area contributed by atoms with Crippen molar-refractivity contribution in [3.05, 3.63) is 12.2 Å². The summed E-state index contributed by atoms with van der Waals surface area (Å²) in [6, 6.07) is 0. The number of allylic oxidation sites excluding steroid dienone is 1. The lowest BCUT2D eigenvalue weighted by atomic mass is 9.40. The van der Waals surface area contributed by atoms with Gasteiger partial charge in [-0.25, -0.2) is 0 Å². The topological polar surface area (TPSA) is 44.8 Å². The second-order valence-electron chi connectivity index (χ2n) is 14.0. The lowest BCUT2D eigenvalue weighted by Crippen LogP contribution is -2.68. The van der Waals surface area contributed by atoms with Crippen molar-refractivity contribution in [3.8, 4) is 0 Å². The highest BCUT2D eigenvalue weighted by atomic mass is 28.4. The van der Waals surface area contributed by atoms with Crippen molar-refractivity contribution < 1.29 is 18.4 Å². The van der Waals surface area contributed by atoms with E-state index in [4.69, 9.17) is 13.6 Å². The van der Waals surface area contributed by atoms with E-state index in [0.29, 0.717) is 18.4 Å². The molecular formula is C26H44O4Si2. The van der Waals surface area contributed by atoms with Crippen molar-refractivity contribution in [2.45, 2.75) is 103 Å². The molecule has 5 rings (SSSR count). The summed E-state index contributed by atoms with van der Waals surface area (Å²) in [4.78, 5) is 13.8. The van der Waals surface area contributed by atoms with Gasteiger partial charge in [0.05, 0.1) is 18.1 Å². The van der Waals surface area contributed by atoms with Gasteiger partial charge in [0.1, 0.15) is 6.10 Å². The van der Waals surface area contributed by atoms with Crippen LogP contribution < -0.4 is 0 Å². The molecule has 0 aromatic carbocycles. The molecule has 0 aromatic rings. The maximum absolute atomic E-state index is 13.8. The molecule has 0 N–H and O–H groups in total. The Morgan fingerprint density at radius 1 is 1.09 bits per heavy atom. The van der Waals surface area contributed by atoms with Gasteiger partial charge in [-0.3, -0.25) is 4.79 Å². The van der Waals surface area contributed by atoms with Crippen LogP contribution in [0.2, 0.25) is 39.3 Å². The summed E-state index contributed by atoms with van der Waals surface area (Å²) in [5.74, 6) is 1.41. The Labute approximate surface area is 197 Å². The third-order valence-electron chi connectivity index (χ3n) is 9.78. The van der Waals surface area contributed by atoms with E-state index in [-0.39, 0.29) is 34.9 Å². The Hall–Kier alpha value is -0.436. The maximum Gasteiger partial charge on any atom is 0.315 e. The predicted octanol–water partition coefficient (Wildman–Crippen LogP) is 6.15. The summed E-state index contributed by atoms with van der Waals surface area (Å²) in [7, 11) is -3.60. The zero-order valence-corrected chi connectivity index (χ0v) is 23.4. The summed E-state index contributed by atoms with van der Waals surface area (Å²) < 4.78 is 20.0. The quantitative estimate of drug-likeness (QED) is 0.271. The van der Waals surface area contributed by atoms with Crippen molar-refractivity contribution in [3.63, 3.8) is 0 Å². The normalized spacial score (nSPS) is 47.8. The van der Waals surface area contributed by atoms with E-state index in [0.717, 1.165) is 19.3 Å². The first-order valence-electron chi connectivity index (χ1n) is 12.9. The molecule has 0 amide bonds. The molecule has 1 heterocycles. The van der Waals surface area contributed by atoms with Crippen LogP contribution in [0.25, 0.3) is 0 Å². The fourth-order valence-electron chi connectivity index (χ4n) is 8.91. The smallest absolute Gasteiger partial charge is 0.315 e. The zero-order chi connectivity index (χ0) is 23.3. The van der Waals surface area contributed by atoms with E-state index in [1.807, 2.05) is 0 Å². The van der Waals surface area contributed by atoms with Crippen LogP contribution in [0.15, 0.2) is 12.2 Å². The minimum atomic E-state index is -1.85. The highest BCUT2D eigenvalue weighted by Gasteiger charge is 2.76. The SMILES string of the molecule is C=C1C[C@]23C[C@H]1CCC2[C@]1(C)CCC[C@@]2(CO[Si](C)(C)C)C(=O)O[C@H](C21)[C@@H]3O[Si](C)(C)C. The first-order chi connectivity index (χ1) is 14.7. The molecule has 180 valence electrons. The molecule has 5 fully saturated rings. The summed E-state index contributed by atoms with van der Waals surface area (Å²) >= 11 is 0. The number of hydrogen-bond acceptors (Lipinski definition) is 4. The molecule has 2 unspecified atom stereocenters. The average Bonchev–Trinajstić information content (AvgIpc) is 3.09. The first kappa shape index (κ1) is 23.3. The first-order valence-corrected chi connectivity index (χ1v) is 19.7. The molecule has 8 atom stereocenters. The molecule has 5 aliphatic rings. The summed E-state index contributed by atoms with van der Waals surface area (Å²) in [5.41, 5.74) is 1.12. The molecule has 1 saturated heterocycles. The van der Waals surface area contributed by atoms with Crippen molar-refractivity contribution in [2.24, 2.45) is 34.0 Å². The number of carbonyl (C=O) groups is 1. The molecule has 32 heavy (non-hydrogen) atoms. The Morgan fingerprint density at radius 3 is 2.47 bits per heavy atom. The number of hydrogen-bond donors (Lipinski definition) is 0. The van der Waals surface area contributed by atoms with Gasteiger partial charge in [-0.05, 0) is 95.1 Å². The van der Waals surface area contributed by atoms with Crippen LogP contribution in [-0.2, 0) is 18.4 Å². The van der Waals surface area contributed by atoms with Crippen molar-refractivity contribution in [1.82, 2.24) is 0 Å². The van der Waals surface area contributed by atoms with Gasteiger partial charge in [-0.2, -0.15) is 0 Å². The fourth-order valence-corrected chi connectivity index (χ4v) is 10.7. The average molecular weight is 477 g/mol. The van der Waals surface area contributed by atoms with Gasteiger partial charge in [0.15, 0.2) is 16.6 Å². The lowest BCUT2D eigenvalue weighted by Gasteiger charge is -2.65. The third kappa shape index (κ3) is 3.22. The molecule has 4 nitrogen and oxygen atoms in total. The zero-order valence-electron chi connectivity index (χ0n) is 21.4. The summed E-state index contributed by atoms with van der Waals surface area (Å²) in [5, 5.41) is 0. The second kappa shape index (κ2) is 7.05. The van der Waals surface area contributed by atoms with Gasteiger partial charge < -0.3 is 13.6 Å². The monoisotopic (exact) mass is 476 g/mol. The maximum atomic E-state index is 13.8. The molecule has 6 heteroatoms. The number of rotatable bonds is 5. The number of ether oxygens (including phenoxy) is 1. The highest BCUT2D eigenvalue weighted by molar-refractivity contribution is 6.70. The van der Waals surface area contributed by atoms with Crippen LogP contribution in [0, 0.1) is 34.0 Å². The van der Waals surface area contributed by atoms with Crippen LogP contribution in [-0.4, -0.2) is 41.4 Å². The van der Waals surface area contributed by atoms with Gasteiger partial charge in [0.25, 0.3) is 0 Å². The number of carbonyl (C=O) groups excluding carboxylic acids is 1. The number of esters is 1.